The first kappa shape index (κ1) is 7.20. The van der Waals surface area contributed by atoms with E-state index in [-0.39, 0.29) is 6.42 Å². The summed E-state index contributed by atoms with van der Waals surface area (Å²) in [4.78, 5) is 10.4. The fraction of sp³-hybridized carbons (Fsp3) is 0.571. The van der Waals surface area contributed by atoms with Crippen molar-refractivity contribution in [3.8, 4) is 12.3 Å². The van der Waals surface area contributed by atoms with Crippen LogP contribution in [-0.4, -0.2) is 18.1 Å². The minimum absolute atomic E-state index is 0.156. The Balaban J connectivity index is 2.73. The van der Waals surface area contributed by atoms with Crippen molar-refractivity contribution in [3.05, 3.63) is 0 Å². The monoisotopic (exact) mass is 144 g/mol. The number of Topliss-reactive ketones (excluding diaryl/α,β-unsaturated/α-hetero) is 1. The first-order valence-electron chi connectivity index (χ1n) is 2.95. The van der Waals surface area contributed by atoms with Crippen molar-refractivity contribution in [3.63, 3.8) is 0 Å². The Hall–Kier alpha value is -0.910. The molecule has 0 radical (unpaired) electrons. The van der Waals surface area contributed by atoms with Crippen molar-refractivity contribution in [2.75, 3.05) is 0 Å². The van der Waals surface area contributed by atoms with Crippen LogP contribution in [0.25, 0.3) is 0 Å². The molecule has 1 aliphatic carbocycles. The lowest BCUT2D eigenvalue weighted by Gasteiger charge is -1.98. The SMILES string of the molecule is C#CC1CC(F)C(=O)C1F. The van der Waals surface area contributed by atoms with Crippen LogP contribution in [0.2, 0.25) is 0 Å². The zero-order valence-corrected chi connectivity index (χ0v) is 5.18. The second kappa shape index (κ2) is 2.37. The predicted octanol–water partition coefficient (Wildman–Crippen LogP) is 0.885. The second-order valence-corrected chi connectivity index (χ2v) is 2.28. The molecule has 0 bridgehead atoms. The zero-order valence-electron chi connectivity index (χ0n) is 5.18. The van der Waals surface area contributed by atoms with Gasteiger partial charge in [-0.25, -0.2) is 8.78 Å². The largest absolute Gasteiger partial charge is 0.293 e. The van der Waals surface area contributed by atoms with Crippen molar-refractivity contribution in [2.45, 2.75) is 18.8 Å². The van der Waals surface area contributed by atoms with Gasteiger partial charge in [-0.1, -0.05) is 5.92 Å². The van der Waals surface area contributed by atoms with Gasteiger partial charge in [0.05, 0.1) is 5.92 Å². The topological polar surface area (TPSA) is 17.1 Å². The van der Waals surface area contributed by atoms with Crippen LogP contribution in [0.5, 0.6) is 0 Å². The molecule has 0 N–H and O–H groups in total. The van der Waals surface area contributed by atoms with Gasteiger partial charge in [-0.2, -0.15) is 0 Å². The molecule has 0 aromatic carbocycles. The van der Waals surface area contributed by atoms with Gasteiger partial charge in [0.15, 0.2) is 12.3 Å². The van der Waals surface area contributed by atoms with Gasteiger partial charge in [-0.05, 0) is 0 Å². The first-order valence-corrected chi connectivity index (χ1v) is 2.95. The average Bonchev–Trinajstić information content (AvgIpc) is 2.17. The predicted molar refractivity (Wildman–Crippen MR) is 31.7 cm³/mol. The van der Waals surface area contributed by atoms with Gasteiger partial charge in [0.1, 0.15) is 0 Å². The lowest BCUT2D eigenvalue weighted by molar-refractivity contribution is -0.125. The number of ketones is 1. The summed E-state index contributed by atoms with van der Waals surface area (Å²) < 4.78 is 24.8. The molecule has 0 aromatic heterocycles. The maximum Gasteiger partial charge on any atom is 0.202 e. The van der Waals surface area contributed by atoms with Crippen LogP contribution in [0.4, 0.5) is 8.78 Å². The van der Waals surface area contributed by atoms with E-state index >= 15 is 0 Å². The van der Waals surface area contributed by atoms with E-state index in [0.29, 0.717) is 0 Å². The number of terminal acetylenes is 1. The molecule has 0 heterocycles. The standard InChI is InChI=1S/C7H6F2O/c1-2-4-3-5(8)7(10)6(4)9/h1,4-6H,3H2. The van der Waals surface area contributed by atoms with Crippen molar-refractivity contribution < 1.29 is 13.6 Å². The van der Waals surface area contributed by atoms with Gasteiger partial charge in [-0.15, -0.1) is 6.42 Å². The summed E-state index contributed by atoms with van der Waals surface area (Å²) in [5.41, 5.74) is 0. The third kappa shape index (κ3) is 0.900. The number of carbonyl (C=O) groups excluding carboxylic acids is 1. The van der Waals surface area contributed by atoms with E-state index in [0.717, 1.165) is 0 Å². The van der Waals surface area contributed by atoms with E-state index in [1.54, 1.807) is 0 Å². The van der Waals surface area contributed by atoms with E-state index < -0.39 is 24.0 Å². The molecule has 0 saturated heterocycles. The molecule has 1 fully saturated rings. The number of alkyl halides is 2. The van der Waals surface area contributed by atoms with E-state index in [1.165, 1.54) is 0 Å². The van der Waals surface area contributed by atoms with Crippen LogP contribution in [-0.2, 0) is 4.79 Å². The molecule has 3 atom stereocenters. The molecule has 0 aliphatic heterocycles. The van der Waals surface area contributed by atoms with Crippen LogP contribution in [0.3, 0.4) is 0 Å². The highest BCUT2D eigenvalue weighted by atomic mass is 19.1. The molecule has 3 unspecified atom stereocenters. The van der Waals surface area contributed by atoms with Crippen molar-refractivity contribution in [1.82, 2.24) is 0 Å². The minimum atomic E-state index is -1.78. The van der Waals surface area contributed by atoms with Crippen molar-refractivity contribution in [2.24, 2.45) is 5.92 Å². The quantitative estimate of drug-likeness (QED) is 0.461. The number of carbonyl (C=O) groups is 1. The molecular weight excluding hydrogens is 138 g/mol. The minimum Gasteiger partial charge on any atom is -0.293 e. The van der Waals surface area contributed by atoms with Crippen LogP contribution < -0.4 is 0 Å². The molecule has 0 amide bonds. The summed E-state index contributed by atoms with van der Waals surface area (Å²) in [6.07, 6.45) is 1.22. The molecule has 1 nitrogen and oxygen atoms in total. The van der Waals surface area contributed by atoms with Crippen molar-refractivity contribution in [1.29, 1.82) is 0 Å². The fourth-order valence-corrected chi connectivity index (χ4v) is 0.982. The normalized spacial score (nSPS) is 39.7. The number of halogens is 2. The third-order valence-corrected chi connectivity index (χ3v) is 1.61. The Morgan fingerprint density at radius 1 is 1.60 bits per heavy atom. The van der Waals surface area contributed by atoms with Gasteiger partial charge in [0, 0.05) is 6.42 Å². The summed E-state index contributed by atoms with van der Waals surface area (Å²) in [5.74, 6) is 0.196. The lowest BCUT2D eigenvalue weighted by atomic mass is 10.1. The molecule has 10 heavy (non-hydrogen) atoms. The molecule has 0 spiro atoms. The lowest BCUT2D eigenvalue weighted by Crippen LogP contribution is -2.17. The van der Waals surface area contributed by atoms with Crippen LogP contribution in [0.1, 0.15) is 6.42 Å². The Morgan fingerprint density at radius 2 is 2.20 bits per heavy atom. The van der Waals surface area contributed by atoms with E-state index in [1.807, 2.05) is 5.92 Å². The average molecular weight is 144 g/mol. The van der Waals surface area contributed by atoms with Crippen LogP contribution >= 0.6 is 0 Å². The maximum absolute atomic E-state index is 12.5. The molecule has 54 valence electrons. The van der Waals surface area contributed by atoms with Crippen molar-refractivity contribution >= 4 is 5.78 Å². The highest BCUT2D eigenvalue weighted by molar-refractivity contribution is 5.90. The highest BCUT2D eigenvalue weighted by Gasteiger charge is 2.41. The Kier molecular flexibility index (Phi) is 1.71. The van der Waals surface area contributed by atoms with Gasteiger partial charge in [0.2, 0.25) is 5.78 Å². The molecule has 3 heteroatoms. The van der Waals surface area contributed by atoms with E-state index in [2.05, 4.69) is 0 Å². The van der Waals surface area contributed by atoms with Crippen LogP contribution in [0, 0.1) is 18.3 Å². The van der Waals surface area contributed by atoms with Gasteiger partial charge < -0.3 is 0 Å². The summed E-state index contributed by atoms with van der Waals surface area (Å²) in [6, 6.07) is 0. The summed E-state index contributed by atoms with van der Waals surface area (Å²) >= 11 is 0. The third-order valence-electron chi connectivity index (χ3n) is 1.61. The second-order valence-electron chi connectivity index (χ2n) is 2.28. The van der Waals surface area contributed by atoms with Crippen LogP contribution in [0.15, 0.2) is 0 Å². The zero-order chi connectivity index (χ0) is 7.72. The number of rotatable bonds is 0. The van der Waals surface area contributed by atoms with Gasteiger partial charge in [0.25, 0.3) is 0 Å². The maximum atomic E-state index is 12.5. The Morgan fingerprint density at radius 3 is 2.40 bits per heavy atom. The smallest absolute Gasteiger partial charge is 0.202 e. The number of hydrogen-bond acceptors (Lipinski definition) is 1. The Labute approximate surface area is 57.4 Å². The fourth-order valence-electron chi connectivity index (χ4n) is 0.982. The summed E-state index contributed by atoms with van der Waals surface area (Å²) in [7, 11) is 0. The molecule has 0 aromatic rings. The molecule has 1 rings (SSSR count). The summed E-state index contributed by atoms with van der Waals surface area (Å²) in [5, 5.41) is 0. The first-order chi connectivity index (χ1) is 4.66. The highest BCUT2D eigenvalue weighted by Crippen LogP contribution is 2.27. The van der Waals surface area contributed by atoms with E-state index in [4.69, 9.17) is 6.42 Å². The summed E-state index contributed by atoms with van der Waals surface area (Å²) in [6.45, 7) is 0. The Bertz CT molecular complexity index is 194. The van der Waals surface area contributed by atoms with Gasteiger partial charge >= 0.3 is 0 Å². The van der Waals surface area contributed by atoms with E-state index in [9.17, 15) is 13.6 Å². The molecule has 1 aliphatic rings. The number of hydrogen-bond donors (Lipinski definition) is 0. The molecule has 1 saturated carbocycles. The molecular formula is C7H6F2O. The van der Waals surface area contributed by atoms with Gasteiger partial charge in [-0.3, -0.25) is 4.79 Å².